The Bertz CT molecular complexity index is 960. The number of carbonyl (C=O) groups is 1. The number of anilines is 1. The Balaban J connectivity index is 2.61. The van der Waals surface area contributed by atoms with E-state index in [1.807, 2.05) is 0 Å². The number of benzene rings is 2. The minimum absolute atomic E-state index is 0.0389. The molecule has 27 heavy (non-hydrogen) atoms. The van der Waals surface area contributed by atoms with Crippen molar-refractivity contribution >= 4 is 27.4 Å². The van der Waals surface area contributed by atoms with Gasteiger partial charge < -0.3 is 4.74 Å². The minimum atomic E-state index is -4.31. The highest BCUT2D eigenvalue weighted by Gasteiger charge is 2.30. The molecule has 10 heteroatoms. The zero-order chi connectivity index (χ0) is 20.2. The minimum Gasteiger partial charge on any atom is -0.465 e. The summed E-state index contributed by atoms with van der Waals surface area (Å²) in [5.74, 6) is -1.45. The molecule has 0 spiro atoms. The van der Waals surface area contributed by atoms with Gasteiger partial charge in [0.15, 0.2) is 0 Å². The summed E-state index contributed by atoms with van der Waals surface area (Å²) < 4.78 is 44.8. The number of nitro benzene ring substituents is 1. The van der Waals surface area contributed by atoms with E-state index in [9.17, 15) is 27.7 Å². The zero-order valence-electron chi connectivity index (χ0n) is 14.6. The molecule has 0 aliphatic carbocycles. The molecule has 144 valence electrons. The molecular weight excluding hydrogens is 379 g/mol. The van der Waals surface area contributed by atoms with Gasteiger partial charge in [-0.3, -0.25) is 19.2 Å². The number of hydrogen-bond donors (Lipinski definition) is 0. The first kappa shape index (κ1) is 20.3. The van der Waals surface area contributed by atoms with E-state index in [-0.39, 0.29) is 22.9 Å². The number of sulfonamides is 1. The Labute approximate surface area is 155 Å². The second-order valence-electron chi connectivity index (χ2n) is 5.50. The Kier molecular flexibility index (Phi) is 6.11. The highest BCUT2D eigenvalue weighted by Crippen LogP contribution is 2.30. The molecule has 2 aromatic rings. The van der Waals surface area contributed by atoms with Gasteiger partial charge in [0, 0.05) is 12.1 Å². The lowest BCUT2D eigenvalue weighted by Gasteiger charge is -2.25. The van der Waals surface area contributed by atoms with Gasteiger partial charge in [-0.2, -0.15) is 0 Å². The average molecular weight is 396 g/mol. The molecule has 0 bridgehead atoms. The number of esters is 1. The normalized spacial score (nSPS) is 11.1. The number of ether oxygens (including phenoxy) is 1. The lowest BCUT2D eigenvalue weighted by Crippen LogP contribution is -2.37. The van der Waals surface area contributed by atoms with Crippen LogP contribution in [0.5, 0.6) is 0 Å². The largest absolute Gasteiger partial charge is 0.465 e. The van der Waals surface area contributed by atoms with E-state index in [1.165, 1.54) is 12.1 Å². The molecule has 0 amide bonds. The van der Waals surface area contributed by atoms with Gasteiger partial charge in [0.1, 0.15) is 12.4 Å². The van der Waals surface area contributed by atoms with Gasteiger partial charge in [0.25, 0.3) is 15.7 Å². The average Bonchev–Trinajstić information content (AvgIpc) is 2.60. The van der Waals surface area contributed by atoms with Crippen molar-refractivity contribution in [1.29, 1.82) is 0 Å². The maximum absolute atomic E-state index is 13.2. The standard InChI is InChI=1S/C17H17FN2O6S/c1-3-26-17(21)11-19(16-10-14(20(22)23)7-4-12(16)2)27(24,25)15-8-5-13(18)6-9-15/h4-10H,3,11H2,1-2H3. The molecule has 0 radical (unpaired) electrons. The monoisotopic (exact) mass is 396 g/mol. The van der Waals surface area contributed by atoms with Crippen LogP contribution in [0.4, 0.5) is 15.8 Å². The lowest BCUT2D eigenvalue weighted by molar-refractivity contribution is -0.384. The molecule has 0 aliphatic heterocycles. The van der Waals surface area contributed by atoms with Crippen LogP contribution in [0.15, 0.2) is 47.4 Å². The first-order chi connectivity index (χ1) is 12.7. The quantitative estimate of drug-likeness (QED) is 0.405. The Morgan fingerprint density at radius 3 is 2.41 bits per heavy atom. The van der Waals surface area contributed by atoms with Crippen molar-refractivity contribution in [2.24, 2.45) is 0 Å². The third-order valence-corrected chi connectivity index (χ3v) is 5.43. The molecule has 0 aliphatic rings. The predicted molar refractivity (Wildman–Crippen MR) is 95.4 cm³/mol. The summed E-state index contributed by atoms with van der Waals surface area (Å²) in [6.45, 7) is 2.47. The van der Waals surface area contributed by atoms with Crippen LogP contribution in [0.2, 0.25) is 0 Å². The highest BCUT2D eigenvalue weighted by atomic mass is 32.2. The molecule has 0 saturated carbocycles. The number of non-ortho nitro benzene ring substituents is 1. The Morgan fingerprint density at radius 1 is 1.22 bits per heavy atom. The van der Waals surface area contributed by atoms with Crippen LogP contribution in [0.3, 0.4) is 0 Å². The van der Waals surface area contributed by atoms with Gasteiger partial charge in [-0.15, -0.1) is 0 Å². The molecule has 0 fully saturated rings. The van der Waals surface area contributed by atoms with E-state index in [4.69, 9.17) is 4.74 Å². The molecule has 2 rings (SSSR count). The van der Waals surface area contributed by atoms with Crippen molar-refractivity contribution in [1.82, 2.24) is 0 Å². The van der Waals surface area contributed by atoms with Gasteiger partial charge in [-0.25, -0.2) is 12.8 Å². The number of nitro groups is 1. The summed E-state index contributed by atoms with van der Waals surface area (Å²) in [7, 11) is -4.31. The van der Waals surface area contributed by atoms with E-state index in [0.29, 0.717) is 5.56 Å². The number of hydrogen-bond acceptors (Lipinski definition) is 6. The Hall–Kier alpha value is -3.01. The van der Waals surface area contributed by atoms with Crippen LogP contribution < -0.4 is 4.31 Å². The van der Waals surface area contributed by atoms with Crippen molar-refractivity contribution in [2.45, 2.75) is 18.7 Å². The van der Waals surface area contributed by atoms with Gasteiger partial charge in [0.05, 0.1) is 22.1 Å². The number of aryl methyl sites for hydroxylation is 1. The molecular formula is C17H17FN2O6S. The van der Waals surface area contributed by atoms with Crippen LogP contribution in [0.1, 0.15) is 12.5 Å². The number of rotatable bonds is 7. The summed E-state index contributed by atoms with van der Waals surface area (Å²) in [5.41, 5.74) is 0.0240. The molecule has 0 unspecified atom stereocenters. The molecule has 0 saturated heterocycles. The summed E-state index contributed by atoms with van der Waals surface area (Å²) in [4.78, 5) is 22.1. The van der Waals surface area contributed by atoms with Crippen molar-refractivity contribution < 1.29 is 27.3 Å². The fraction of sp³-hybridized carbons (Fsp3) is 0.235. The van der Waals surface area contributed by atoms with Crippen LogP contribution in [0.25, 0.3) is 0 Å². The van der Waals surface area contributed by atoms with Crippen molar-refractivity contribution in [3.8, 4) is 0 Å². The molecule has 0 heterocycles. The van der Waals surface area contributed by atoms with Crippen LogP contribution in [0, 0.1) is 22.9 Å². The lowest BCUT2D eigenvalue weighted by atomic mass is 10.2. The first-order valence-electron chi connectivity index (χ1n) is 7.85. The zero-order valence-corrected chi connectivity index (χ0v) is 15.4. The van der Waals surface area contributed by atoms with E-state index in [1.54, 1.807) is 13.8 Å². The topological polar surface area (TPSA) is 107 Å². The number of halogens is 1. The summed E-state index contributed by atoms with van der Waals surface area (Å²) >= 11 is 0. The summed E-state index contributed by atoms with van der Waals surface area (Å²) in [6.07, 6.45) is 0. The van der Waals surface area contributed by atoms with Crippen molar-refractivity contribution in [3.05, 3.63) is 64.0 Å². The number of nitrogens with zero attached hydrogens (tertiary/aromatic N) is 2. The van der Waals surface area contributed by atoms with Crippen LogP contribution in [-0.4, -0.2) is 32.5 Å². The van der Waals surface area contributed by atoms with Gasteiger partial charge >= 0.3 is 5.97 Å². The van der Waals surface area contributed by atoms with E-state index >= 15 is 0 Å². The molecule has 0 aromatic heterocycles. The van der Waals surface area contributed by atoms with Gasteiger partial charge in [-0.05, 0) is 43.7 Å². The third kappa shape index (κ3) is 4.59. The summed E-state index contributed by atoms with van der Waals surface area (Å²) in [6, 6.07) is 7.71. The van der Waals surface area contributed by atoms with E-state index < -0.39 is 33.3 Å². The molecule has 8 nitrogen and oxygen atoms in total. The fourth-order valence-corrected chi connectivity index (χ4v) is 3.80. The van der Waals surface area contributed by atoms with Gasteiger partial charge in [-0.1, -0.05) is 6.07 Å². The predicted octanol–water partition coefficient (Wildman–Crippen LogP) is 2.80. The smallest absolute Gasteiger partial charge is 0.326 e. The molecule has 0 N–H and O–H groups in total. The first-order valence-corrected chi connectivity index (χ1v) is 9.29. The van der Waals surface area contributed by atoms with Crippen LogP contribution in [-0.2, 0) is 19.6 Å². The third-order valence-electron chi connectivity index (χ3n) is 3.65. The number of carbonyl (C=O) groups excluding carboxylic acids is 1. The summed E-state index contributed by atoms with van der Waals surface area (Å²) in [5, 5.41) is 11.1. The van der Waals surface area contributed by atoms with Crippen molar-refractivity contribution in [2.75, 3.05) is 17.5 Å². The van der Waals surface area contributed by atoms with Crippen molar-refractivity contribution in [3.63, 3.8) is 0 Å². The maximum atomic E-state index is 13.2. The molecule has 0 atom stereocenters. The van der Waals surface area contributed by atoms with E-state index in [2.05, 4.69) is 0 Å². The fourth-order valence-electron chi connectivity index (χ4n) is 2.34. The second-order valence-corrected chi connectivity index (χ2v) is 7.36. The molecule has 2 aromatic carbocycles. The highest BCUT2D eigenvalue weighted by molar-refractivity contribution is 7.92. The second kappa shape index (κ2) is 8.12. The maximum Gasteiger partial charge on any atom is 0.326 e. The van der Waals surface area contributed by atoms with Gasteiger partial charge in [0.2, 0.25) is 0 Å². The van der Waals surface area contributed by atoms with E-state index in [0.717, 1.165) is 34.6 Å². The SMILES string of the molecule is CCOC(=O)CN(c1cc([N+](=O)[O-])ccc1C)S(=O)(=O)c1ccc(F)cc1. The Morgan fingerprint density at radius 2 is 1.85 bits per heavy atom. The van der Waals surface area contributed by atoms with Crippen LogP contribution >= 0.6 is 0 Å².